The molecule has 0 bridgehead atoms. The van der Waals surface area contributed by atoms with Crippen LogP contribution in [0.5, 0.6) is 0 Å². The van der Waals surface area contributed by atoms with E-state index in [-0.39, 0.29) is 0 Å². The molecule has 0 aromatic rings. The molecule has 0 aromatic heterocycles. The Balaban J connectivity index is 2.74. The molecule has 0 heteroatoms. The summed E-state index contributed by atoms with van der Waals surface area (Å²) in [6.45, 7) is 12.5. The standard InChI is InChI=1S/C15H24/c1-5-13-8-7-9-15(12(3)4)11-10-14(13)6-2/h5-6,12,15H,1-2,7-11H2,3-4H3/b14-13-. The Morgan fingerprint density at radius 1 is 1.07 bits per heavy atom. The normalized spacial score (nSPS) is 28.3. The first-order chi connectivity index (χ1) is 7.19. The van der Waals surface area contributed by atoms with E-state index in [4.69, 9.17) is 0 Å². The third kappa shape index (κ3) is 3.37. The Labute approximate surface area is 94.8 Å². The van der Waals surface area contributed by atoms with Gasteiger partial charge in [-0.3, -0.25) is 0 Å². The third-order valence-electron chi connectivity index (χ3n) is 3.65. The second kappa shape index (κ2) is 5.95. The fourth-order valence-corrected chi connectivity index (χ4v) is 2.49. The minimum atomic E-state index is 0.821. The summed E-state index contributed by atoms with van der Waals surface area (Å²) in [6, 6.07) is 0. The van der Waals surface area contributed by atoms with E-state index in [0.717, 1.165) is 11.8 Å². The Morgan fingerprint density at radius 2 is 1.67 bits per heavy atom. The van der Waals surface area contributed by atoms with E-state index < -0.39 is 0 Å². The van der Waals surface area contributed by atoms with E-state index in [9.17, 15) is 0 Å². The molecule has 1 aliphatic rings. The fourth-order valence-electron chi connectivity index (χ4n) is 2.49. The van der Waals surface area contributed by atoms with Gasteiger partial charge in [0.05, 0.1) is 0 Å². The van der Waals surface area contributed by atoms with Crippen LogP contribution in [0.15, 0.2) is 36.5 Å². The Morgan fingerprint density at radius 3 is 2.20 bits per heavy atom. The molecule has 0 aliphatic heterocycles. The summed E-state index contributed by atoms with van der Waals surface area (Å²) in [5.41, 5.74) is 2.85. The van der Waals surface area contributed by atoms with Crippen LogP contribution < -0.4 is 0 Å². The lowest BCUT2D eigenvalue weighted by Gasteiger charge is -2.24. The molecule has 0 aromatic carbocycles. The van der Waals surface area contributed by atoms with Gasteiger partial charge in [0, 0.05) is 0 Å². The second-order valence-corrected chi connectivity index (χ2v) is 4.89. The number of hydrogen-bond donors (Lipinski definition) is 0. The van der Waals surface area contributed by atoms with Crippen molar-refractivity contribution >= 4 is 0 Å². The molecule has 1 aliphatic carbocycles. The SMILES string of the molecule is C=C/C1=C(\C=C)CCC(C(C)C)CCC1. The van der Waals surface area contributed by atoms with E-state index in [0.29, 0.717) is 0 Å². The van der Waals surface area contributed by atoms with Crippen LogP contribution in [-0.2, 0) is 0 Å². The highest BCUT2D eigenvalue weighted by Gasteiger charge is 2.16. The molecule has 84 valence electrons. The fraction of sp³-hybridized carbons (Fsp3) is 0.600. The van der Waals surface area contributed by atoms with Gasteiger partial charge in [0.25, 0.3) is 0 Å². The summed E-state index contributed by atoms with van der Waals surface area (Å²) in [5, 5.41) is 0. The van der Waals surface area contributed by atoms with Crippen molar-refractivity contribution in [2.75, 3.05) is 0 Å². The van der Waals surface area contributed by atoms with Gasteiger partial charge in [-0.05, 0) is 55.1 Å². The lowest BCUT2D eigenvalue weighted by molar-refractivity contribution is 0.325. The molecule has 0 saturated heterocycles. The Bertz CT molecular complexity index is 255. The smallest absolute Gasteiger partial charge is 0.0274 e. The Hall–Kier alpha value is -0.780. The van der Waals surface area contributed by atoms with Gasteiger partial charge in [0.15, 0.2) is 0 Å². The summed E-state index contributed by atoms with van der Waals surface area (Å²) < 4.78 is 0. The molecule has 0 heterocycles. The monoisotopic (exact) mass is 204 g/mol. The van der Waals surface area contributed by atoms with Crippen molar-refractivity contribution < 1.29 is 0 Å². The second-order valence-electron chi connectivity index (χ2n) is 4.89. The average molecular weight is 204 g/mol. The zero-order chi connectivity index (χ0) is 11.3. The van der Waals surface area contributed by atoms with Crippen molar-refractivity contribution in [2.45, 2.75) is 46.0 Å². The largest absolute Gasteiger partial charge is 0.0988 e. The maximum atomic E-state index is 3.92. The van der Waals surface area contributed by atoms with Gasteiger partial charge in [0.2, 0.25) is 0 Å². The van der Waals surface area contributed by atoms with Crippen LogP contribution in [0.2, 0.25) is 0 Å². The van der Waals surface area contributed by atoms with Crippen molar-refractivity contribution in [1.82, 2.24) is 0 Å². The van der Waals surface area contributed by atoms with Crippen LogP contribution in [0.3, 0.4) is 0 Å². The minimum absolute atomic E-state index is 0.821. The van der Waals surface area contributed by atoms with Gasteiger partial charge < -0.3 is 0 Å². The maximum Gasteiger partial charge on any atom is -0.0274 e. The highest BCUT2D eigenvalue weighted by molar-refractivity contribution is 5.31. The first-order valence-electron chi connectivity index (χ1n) is 6.16. The predicted molar refractivity (Wildman–Crippen MR) is 68.8 cm³/mol. The van der Waals surface area contributed by atoms with Gasteiger partial charge in [0.1, 0.15) is 0 Å². The summed E-state index contributed by atoms with van der Waals surface area (Å²) in [5.74, 6) is 1.72. The van der Waals surface area contributed by atoms with Crippen LogP contribution in [0, 0.1) is 11.8 Å². The van der Waals surface area contributed by atoms with Crippen molar-refractivity contribution in [3.63, 3.8) is 0 Å². The molecule has 0 radical (unpaired) electrons. The van der Waals surface area contributed by atoms with E-state index in [1.807, 2.05) is 12.2 Å². The molecule has 0 saturated carbocycles. The van der Waals surface area contributed by atoms with E-state index >= 15 is 0 Å². The molecule has 1 atom stereocenters. The summed E-state index contributed by atoms with van der Waals surface area (Å²) in [4.78, 5) is 0. The quantitative estimate of drug-likeness (QED) is 0.614. The van der Waals surface area contributed by atoms with Crippen LogP contribution in [0.1, 0.15) is 46.0 Å². The molecule has 1 rings (SSSR count). The topological polar surface area (TPSA) is 0 Å². The first kappa shape index (κ1) is 12.3. The molecular formula is C15H24. The molecule has 15 heavy (non-hydrogen) atoms. The lowest BCUT2D eigenvalue weighted by Crippen LogP contribution is -2.11. The highest BCUT2D eigenvalue weighted by Crippen LogP contribution is 2.31. The van der Waals surface area contributed by atoms with Gasteiger partial charge >= 0.3 is 0 Å². The van der Waals surface area contributed by atoms with Crippen LogP contribution in [0.25, 0.3) is 0 Å². The lowest BCUT2D eigenvalue weighted by atomic mass is 9.81. The molecular weight excluding hydrogens is 180 g/mol. The van der Waals surface area contributed by atoms with E-state index in [2.05, 4.69) is 27.0 Å². The van der Waals surface area contributed by atoms with E-state index in [1.54, 1.807) is 0 Å². The molecule has 1 unspecified atom stereocenters. The zero-order valence-corrected chi connectivity index (χ0v) is 10.3. The number of rotatable bonds is 3. The summed E-state index contributed by atoms with van der Waals surface area (Å²) in [6.07, 6.45) is 10.4. The van der Waals surface area contributed by atoms with Crippen molar-refractivity contribution in [1.29, 1.82) is 0 Å². The summed E-state index contributed by atoms with van der Waals surface area (Å²) in [7, 11) is 0. The number of hydrogen-bond acceptors (Lipinski definition) is 0. The molecule has 0 fully saturated rings. The third-order valence-corrected chi connectivity index (χ3v) is 3.65. The van der Waals surface area contributed by atoms with Crippen molar-refractivity contribution in [2.24, 2.45) is 11.8 Å². The van der Waals surface area contributed by atoms with Crippen molar-refractivity contribution in [3.8, 4) is 0 Å². The number of allylic oxidation sites excluding steroid dienone is 4. The zero-order valence-electron chi connectivity index (χ0n) is 10.3. The van der Waals surface area contributed by atoms with Gasteiger partial charge in [-0.1, -0.05) is 39.2 Å². The average Bonchev–Trinajstić information content (AvgIpc) is 2.17. The van der Waals surface area contributed by atoms with Crippen LogP contribution in [0.4, 0.5) is 0 Å². The molecule has 0 N–H and O–H groups in total. The van der Waals surface area contributed by atoms with Crippen molar-refractivity contribution in [3.05, 3.63) is 36.5 Å². The minimum Gasteiger partial charge on any atom is -0.0988 e. The van der Waals surface area contributed by atoms with Gasteiger partial charge in [-0.25, -0.2) is 0 Å². The Kier molecular flexibility index (Phi) is 4.87. The first-order valence-corrected chi connectivity index (χ1v) is 6.16. The van der Waals surface area contributed by atoms with E-state index in [1.165, 1.54) is 43.3 Å². The van der Waals surface area contributed by atoms with Gasteiger partial charge in [-0.2, -0.15) is 0 Å². The predicted octanol–water partition coefficient (Wildman–Crippen LogP) is 4.89. The molecule has 0 spiro atoms. The highest BCUT2D eigenvalue weighted by atomic mass is 14.2. The molecule has 0 nitrogen and oxygen atoms in total. The van der Waals surface area contributed by atoms with Crippen LogP contribution >= 0.6 is 0 Å². The summed E-state index contributed by atoms with van der Waals surface area (Å²) >= 11 is 0. The maximum absolute atomic E-state index is 3.92. The van der Waals surface area contributed by atoms with Gasteiger partial charge in [-0.15, -0.1) is 0 Å². The van der Waals surface area contributed by atoms with Crippen LogP contribution in [-0.4, -0.2) is 0 Å². The molecule has 0 amide bonds.